The SMILES string of the molecule is CC(C)C1CC(C)(C)NC1=O.CC(C)C1CCC(C)(C)NC1=O.[HH]. The number of hydrogen-bond donors (Lipinski definition) is 2. The molecule has 0 aromatic rings. The van der Waals surface area contributed by atoms with E-state index in [-0.39, 0.29) is 36.2 Å². The van der Waals surface area contributed by atoms with Gasteiger partial charge in [-0.2, -0.15) is 0 Å². The first-order chi connectivity index (χ1) is 10.3. The fourth-order valence-corrected chi connectivity index (χ4v) is 3.43. The molecule has 2 saturated heterocycles. The molecule has 4 nitrogen and oxygen atoms in total. The number of carbonyl (C=O) groups excluding carboxylic acids is 2. The van der Waals surface area contributed by atoms with Gasteiger partial charge in [0.1, 0.15) is 0 Å². The van der Waals surface area contributed by atoms with Crippen molar-refractivity contribution in [3.8, 4) is 0 Å². The Balaban J connectivity index is 0.000000425. The number of piperidine rings is 1. The summed E-state index contributed by atoms with van der Waals surface area (Å²) in [6.45, 7) is 16.8. The molecule has 2 aliphatic rings. The maximum absolute atomic E-state index is 11.5. The zero-order chi connectivity index (χ0) is 18.0. The van der Waals surface area contributed by atoms with Crippen LogP contribution >= 0.6 is 0 Å². The van der Waals surface area contributed by atoms with Crippen LogP contribution in [0.3, 0.4) is 0 Å². The summed E-state index contributed by atoms with van der Waals surface area (Å²) in [6.07, 6.45) is 3.11. The maximum Gasteiger partial charge on any atom is 0.223 e. The lowest BCUT2D eigenvalue weighted by Gasteiger charge is -2.36. The van der Waals surface area contributed by atoms with Crippen molar-refractivity contribution in [2.45, 2.75) is 85.7 Å². The highest BCUT2D eigenvalue weighted by Crippen LogP contribution is 2.29. The van der Waals surface area contributed by atoms with Crippen LogP contribution in [0.15, 0.2) is 0 Å². The van der Waals surface area contributed by atoms with Gasteiger partial charge in [-0.15, -0.1) is 0 Å². The molecule has 2 aliphatic heterocycles. The first-order valence-electron chi connectivity index (χ1n) is 8.99. The third-order valence-corrected chi connectivity index (χ3v) is 5.02. The summed E-state index contributed by atoms with van der Waals surface area (Å²) < 4.78 is 0. The van der Waals surface area contributed by atoms with Crippen molar-refractivity contribution in [1.82, 2.24) is 10.6 Å². The van der Waals surface area contributed by atoms with Crippen molar-refractivity contribution in [2.75, 3.05) is 0 Å². The molecule has 2 fully saturated rings. The Hall–Kier alpha value is -1.06. The highest BCUT2D eigenvalue weighted by Gasteiger charge is 2.38. The van der Waals surface area contributed by atoms with E-state index in [9.17, 15) is 9.59 Å². The molecule has 2 rings (SSSR count). The van der Waals surface area contributed by atoms with Crippen LogP contribution in [0.4, 0.5) is 0 Å². The van der Waals surface area contributed by atoms with Crippen LogP contribution in [0.2, 0.25) is 0 Å². The fraction of sp³-hybridized carbons (Fsp3) is 0.895. The zero-order valence-electron chi connectivity index (χ0n) is 16.2. The van der Waals surface area contributed by atoms with Gasteiger partial charge in [0.05, 0.1) is 0 Å². The maximum atomic E-state index is 11.5. The third-order valence-electron chi connectivity index (χ3n) is 5.02. The predicted molar refractivity (Wildman–Crippen MR) is 97.1 cm³/mol. The molecular formula is C19H38N2O2. The predicted octanol–water partition coefficient (Wildman–Crippen LogP) is 3.75. The normalized spacial score (nSPS) is 29.0. The molecule has 0 radical (unpaired) electrons. The van der Waals surface area contributed by atoms with E-state index in [1.54, 1.807) is 0 Å². The van der Waals surface area contributed by atoms with Crippen LogP contribution in [-0.4, -0.2) is 22.9 Å². The van der Waals surface area contributed by atoms with Crippen LogP contribution < -0.4 is 10.6 Å². The van der Waals surface area contributed by atoms with E-state index in [0.717, 1.165) is 19.3 Å². The monoisotopic (exact) mass is 326 g/mol. The van der Waals surface area contributed by atoms with E-state index in [1.807, 2.05) is 0 Å². The van der Waals surface area contributed by atoms with Crippen molar-refractivity contribution in [3.05, 3.63) is 0 Å². The second kappa shape index (κ2) is 7.23. The smallest absolute Gasteiger partial charge is 0.223 e. The highest BCUT2D eigenvalue weighted by atomic mass is 16.2. The first kappa shape index (κ1) is 20.0. The quantitative estimate of drug-likeness (QED) is 0.812. The Bertz CT molecular complexity index is 445. The Morgan fingerprint density at radius 2 is 1.30 bits per heavy atom. The van der Waals surface area contributed by atoms with Gasteiger partial charge in [0.15, 0.2) is 0 Å². The van der Waals surface area contributed by atoms with Crippen molar-refractivity contribution >= 4 is 11.8 Å². The van der Waals surface area contributed by atoms with Gasteiger partial charge in [0.25, 0.3) is 0 Å². The average Bonchev–Trinajstić information content (AvgIpc) is 2.61. The number of carbonyl (C=O) groups is 2. The van der Waals surface area contributed by atoms with Crippen LogP contribution in [0.1, 0.15) is 76.1 Å². The molecule has 2 unspecified atom stereocenters. The molecule has 2 atom stereocenters. The molecule has 0 aliphatic carbocycles. The highest BCUT2D eigenvalue weighted by molar-refractivity contribution is 5.82. The van der Waals surface area contributed by atoms with Gasteiger partial charge in [-0.3, -0.25) is 9.59 Å². The van der Waals surface area contributed by atoms with Crippen molar-refractivity contribution in [2.24, 2.45) is 23.7 Å². The molecule has 0 bridgehead atoms. The largest absolute Gasteiger partial charge is 0.351 e. The van der Waals surface area contributed by atoms with Gasteiger partial charge in [0, 0.05) is 24.3 Å². The van der Waals surface area contributed by atoms with E-state index in [0.29, 0.717) is 11.8 Å². The third kappa shape index (κ3) is 5.82. The second-order valence-corrected chi connectivity index (χ2v) is 9.19. The van der Waals surface area contributed by atoms with Gasteiger partial charge in [0.2, 0.25) is 11.8 Å². The minimum absolute atomic E-state index is 0. The minimum atomic E-state index is 0. The molecular weight excluding hydrogens is 288 g/mol. The van der Waals surface area contributed by atoms with Gasteiger partial charge in [-0.25, -0.2) is 0 Å². The molecule has 0 aromatic carbocycles. The van der Waals surface area contributed by atoms with E-state index in [1.165, 1.54) is 0 Å². The molecule has 23 heavy (non-hydrogen) atoms. The lowest BCUT2D eigenvalue weighted by molar-refractivity contribution is -0.130. The standard InChI is InChI=1S/C10H19NO.C9H17NO.H2/c1-7(2)8-5-6-10(3,4)11-9(8)12;1-6(2)7-5-9(3,4)10-8(7)11;/h7-8H,5-6H2,1-4H3,(H,11,12);6-7H,5H2,1-4H3,(H,10,11);1H. The van der Waals surface area contributed by atoms with Crippen LogP contribution in [0.5, 0.6) is 0 Å². The molecule has 0 saturated carbocycles. The number of nitrogens with one attached hydrogen (secondary N) is 2. The molecule has 2 amide bonds. The summed E-state index contributed by atoms with van der Waals surface area (Å²) in [5.74, 6) is 1.87. The summed E-state index contributed by atoms with van der Waals surface area (Å²) >= 11 is 0. The fourth-order valence-electron chi connectivity index (χ4n) is 3.43. The van der Waals surface area contributed by atoms with Gasteiger partial charge < -0.3 is 10.6 Å². The number of hydrogen-bond acceptors (Lipinski definition) is 2. The van der Waals surface area contributed by atoms with Gasteiger partial charge in [-0.1, -0.05) is 27.7 Å². The Morgan fingerprint density at radius 3 is 1.61 bits per heavy atom. The van der Waals surface area contributed by atoms with Gasteiger partial charge in [-0.05, 0) is 58.8 Å². The van der Waals surface area contributed by atoms with E-state index in [2.05, 4.69) is 66.0 Å². The van der Waals surface area contributed by atoms with Crippen LogP contribution in [-0.2, 0) is 9.59 Å². The van der Waals surface area contributed by atoms with Crippen molar-refractivity contribution in [3.63, 3.8) is 0 Å². The van der Waals surface area contributed by atoms with Crippen LogP contribution in [0, 0.1) is 23.7 Å². The summed E-state index contributed by atoms with van der Waals surface area (Å²) in [5.41, 5.74) is 0.0362. The van der Waals surface area contributed by atoms with E-state index < -0.39 is 0 Å². The lowest BCUT2D eigenvalue weighted by atomic mass is 9.81. The first-order valence-corrected chi connectivity index (χ1v) is 8.99. The minimum Gasteiger partial charge on any atom is -0.351 e. The lowest BCUT2D eigenvalue weighted by Crippen LogP contribution is -2.51. The molecule has 0 spiro atoms. The topological polar surface area (TPSA) is 58.2 Å². The summed E-state index contributed by atoms with van der Waals surface area (Å²) in [5, 5.41) is 6.03. The molecule has 136 valence electrons. The zero-order valence-corrected chi connectivity index (χ0v) is 16.2. The average molecular weight is 327 g/mol. The summed E-state index contributed by atoms with van der Waals surface area (Å²) in [4.78, 5) is 22.9. The molecule has 2 N–H and O–H groups in total. The number of rotatable bonds is 2. The number of amides is 2. The summed E-state index contributed by atoms with van der Waals surface area (Å²) in [7, 11) is 0. The Labute approximate surface area is 143 Å². The van der Waals surface area contributed by atoms with E-state index >= 15 is 0 Å². The Morgan fingerprint density at radius 1 is 0.870 bits per heavy atom. The molecule has 2 heterocycles. The van der Waals surface area contributed by atoms with Crippen LogP contribution in [0.25, 0.3) is 0 Å². The van der Waals surface area contributed by atoms with Crippen molar-refractivity contribution in [1.29, 1.82) is 0 Å². The van der Waals surface area contributed by atoms with Crippen molar-refractivity contribution < 1.29 is 11.0 Å². The van der Waals surface area contributed by atoms with E-state index in [4.69, 9.17) is 0 Å². The van der Waals surface area contributed by atoms with Gasteiger partial charge >= 0.3 is 0 Å². The molecule has 4 heteroatoms. The summed E-state index contributed by atoms with van der Waals surface area (Å²) in [6, 6.07) is 0. The molecule has 0 aromatic heterocycles. The second-order valence-electron chi connectivity index (χ2n) is 9.19. The Kier molecular flexibility index (Phi) is 6.28.